The van der Waals surface area contributed by atoms with Crippen molar-refractivity contribution >= 4 is 23.2 Å². The minimum Gasteiger partial charge on any atom is -0.406 e. The molecular weight excluding hydrogens is 529 g/mol. The minimum atomic E-state index is -4.85. The number of carbonyl (C=O) groups is 2. The van der Waals surface area contributed by atoms with E-state index in [1.807, 2.05) is 42.5 Å². The number of nitrogens with zero attached hydrogens (tertiary/aromatic N) is 5. The van der Waals surface area contributed by atoms with Gasteiger partial charge in [0.1, 0.15) is 5.75 Å². The number of likely N-dealkylation sites (N-methyl/N-ethyl adjacent to an activating group) is 1. The third-order valence-electron chi connectivity index (χ3n) is 6.91. The van der Waals surface area contributed by atoms with E-state index in [1.165, 1.54) is 33.4 Å². The van der Waals surface area contributed by atoms with Crippen molar-refractivity contribution in [2.75, 3.05) is 11.9 Å². The molecule has 10 nitrogen and oxygen atoms in total. The number of amides is 2. The van der Waals surface area contributed by atoms with Crippen LogP contribution in [0.25, 0.3) is 5.69 Å². The molecule has 40 heavy (non-hydrogen) atoms. The molecular formula is C27H21F3N6O4. The van der Waals surface area contributed by atoms with Crippen LogP contribution in [-0.2, 0) is 15.3 Å². The first-order valence-electron chi connectivity index (χ1n) is 12.1. The summed E-state index contributed by atoms with van der Waals surface area (Å²) in [5.41, 5.74) is 0.801. The van der Waals surface area contributed by atoms with Crippen molar-refractivity contribution in [1.82, 2.24) is 19.5 Å². The summed E-state index contributed by atoms with van der Waals surface area (Å²) in [5, 5.41) is 2.68. The van der Waals surface area contributed by atoms with Crippen LogP contribution in [0, 0.1) is 0 Å². The summed E-state index contributed by atoms with van der Waals surface area (Å²) < 4.78 is 43.6. The maximum Gasteiger partial charge on any atom is 0.573 e. The van der Waals surface area contributed by atoms with Gasteiger partial charge in [0.2, 0.25) is 11.8 Å². The summed E-state index contributed by atoms with van der Waals surface area (Å²) in [5.74, 6) is -1.58. The van der Waals surface area contributed by atoms with E-state index in [0.29, 0.717) is 17.0 Å². The number of alkyl halides is 3. The van der Waals surface area contributed by atoms with Crippen LogP contribution in [0.1, 0.15) is 18.1 Å². The Morgan fingerprint density at radius 3 is 2.30 bits per heavy atom. The molecule has 3 heterocycles. The summed E-state index contributed by atoms with van der Waals surface area (Å²) in [6.45, 7) is 1.49. The van der Waals surface area contributed by atoms with Crippen LogP contribution in [0.4, 0.5) is 18.9 Å². The molecule has 2 aliphatic rings. The highest BCUT2D eigenvalue weighted by atomic mass is 19.4. The van der Waals surface area contributed by atoms with E-state index in [-0.39, 0.29) is 5.69 Å². The van der Waals surface area contributed by atoms with E-state index in [0.717, 1.165) is 22.4 Å². The first kappa shape index (κ1) is 25.2. The van der Waals surface area contributed by atoms with Gasteiger partial charge in [-0.3, -0.25) is 9.59 Å². The number of fused-ring (bicyclic) bond motifs is 2. The zero-order valence-electron chi connectivity index (χ0n) is 21.1. The standard InChI is InChI=1S/C27H21F3N6O4/c1-26(35-25(39)34(36(26)35)17-12-14-18(15-13-17)40-27(28,29)30)24(38)32-22-23(37)33(2)20-11-7-6-10-19(20)21(31-22)16-8-4-3-5-9-16/h3-15,22H,1-2H3,(H,32,38)/t22-,26+,35?,36?/m1/s1. The third kappa shape index (κ3) is 3.89. The van der Waals surface area contributed by atoms with Gasteiger partial charge >= 0.3 is 12.1 Å². The number of hydrogen-bond donors (Lipinski definition) is 1. The van der Waals surface area contributed by atoms with E-state index >= 15 is 0 Å². The number of aromatic nitrogens is 3. The molecule has 1 N–H and O–H groups in total. The lowest BCUT2D eigenvalue weighted by atomic mass is 10.0. The third-order valence-corrected chi connectivity index (χ3v) is 6.91. The summed E-state index contributed by atoms with van der Waals surface area (Å²) in [4.78, 5) is 47.2. The van der Waals surface area contributed by atoms with Gasteiger partial charge in [0.25, 0.3) is 11.8 Å². The Hall–Kier alpha value is -5.07. The zero-order chi connectivity index (χ0) is 28.4. The summed E-state index contributed by atoms with van der Waals surface area (Å²) in [7, 11) is 1.59. The van der Waals surface area contributed by atoms with Crippen LogP contribution in [0.2, 0.25) is 0 Å². The fourth-order valence-corrected chi connectivity index (χ4v) is 4.87. The van der Waals surface area contributed by atoms with Crippen molar-refractivity contribution in [2.45, 2.75) is 25.1 Å². The molecule has 0 saturated carbocycles. The molecule has 0 aliphatic carbocycles. The topological polar surface area (TPSA) is 103 Å². The van der Waals surface area contributed by atoms with E-state index in [1.54, 1.807) is 19.2 Å². The number of para-hydroxylation sites is 1. The number of carbonyl (C=O) groups excluding carboxylic acids is 2. The average molecular weight is 550 g/mol. The molecule has 2 aliphatic heterocycles. The van der Waals surface area contributed by atoms with Crippen LogP contribution < -0.4 is 20.6 Å². The lowest BCUT2D eigenvalue weighted by Crippen LogP contribution is -2.49. The number of anilines is 1. The fraction of sp³-hybridized carbons (Fsp3) is 0.185. The summed E-state index contributed by atoms with van der Waals surface area (Å²) >= 11 is 0. The van der Waals surface area contributed by atoms with Crippen LogP contribution in [0.5, 0.6) is 5.75 Å². The van der Waals surface area contributed by atoms with Gasteiger partial charge in [-0.05, 0) is 37.3 Å². The number of nitrogens with one attached hydrogen (secondary N) is 1. The number of aliphatic imine (C=N–C) groups is 1. The lowest BCUT2D eigenvalue weighted by Gasteiger charge is -2.21. The number of halogens is 3. The van der Waals surface area contributed by atoms with E-state index in [4.69, 9.17) is 0 Å². The van der Waals surface area contributed by atoms with Gasteiger partial charge in [-0.1, -0.05) is 48.5 Å². The lowest BCUT2D eigenvalue weighted by molar-refractivity contribution is -0.274. The number of rotatable bonds is 5. The Labute approximate surface area is 224 Å². The molecule has 0 bridgehead atoms. The Bertz CT molecular complexity index is 1740. The van der Waals surface area contributed by atoms with Crippen molar-refractivity contribution < 1.29 is 27.5 Å². The maximum absolute atomic E-state index is 13.5. The van der Waals surface area contributed by atoms with E-state index in [9.17, 15) is 27.6 Å². The largest absolute Gasteiger partial charge is 0.573 e. The number of benzene rings is 3. The molecule has 0 radical (unpaired) electrons. The van der Waals surface area contributed by atoms with Crippen LogP contribution in [0.15, 0.2) is 88.6 Å². The van der Waals surface area contributed by atoms with E-state index < -0.39 is 41.4 Å². The molecule has 0 saturated heterocycles. The molecule has 3 aromatic carbocycles. The normalized spacial score (nSPS) is 19.8. The second-order valence-electron chi connectivity index (χ2n) is 9.39. The fourth-order valence-electron chi connectivity index (χ4n) is 4.87. The Kier molecular flexibility index (Phi) is 5.50. The maximum atomic E-state index is 13.5. The van der Waals surface area contributed by atoms with Gasteiger partial charge in [-0.25, -0.2) is 9.79 Å². The summed E-state index contributed by atoms with van der Waals surface area (Å²) in [6, 6.07) is 21.2. The molecule has 0 fully saturated rings. The van der Waals surface area contributed by atoms with Gasteiger partial charge in [-0.2, -0.15) is 14.2 Å². The monoisotopic (exact) mass is 550 g/mol. The van der Waals surface area contributed by atoms with Gasteiger partial charge in [0.15, 0.2) is 0 Å². The predicted octanol–water partition coefficient (Wildman–Crippen LogP) is 2.83. The van der Waals surface area contributed by atoms with Gasteiger partial charge < -0.3 is 15.0 Å². The number of ether oxygens (including phenoxy) is 1. The molecule has 2 atom stereocenters. The van der Waals surface area contributed by atoms with Crippen LogP contribution in [-0.4, -0.2) is 51.3 Å². The van der Waals surface area contributed by atoms with Crippen molar-refractivity contribution in [2.24, 2.45) is 4.99 Å². The van der Waals surface area contributed by atoms with Gasteiger partial charge in [0, 0.05) is 18.2 Å². The highest BCUT2D eigenvalue weighted by Crippen LogP contribution is 2.35. The molecule has 1 aromatic heterocycles. The molecule has 2 amide bonds. The highest BCUT2D eigenvalue weighted by molar-refractivity contribution is 6.20. The minimum absolute atomic E-state index is 0.234. The first-order chi connectivity index (χ1) is 19.0. The van der Waals surface area contributed by atoms with Gasteiger partial charge in [0.05, 0.1) is 17.1 Å². The second kappa shape index (κ2) is 8.73. The van der Waals surface area contributed by atoms with Crippen molar-refractivity contribution in [3.63, 3.8) is 0 Å². The molecule has 13 heteroatoms. The molecule has 6 rings (SSSR count). The molecule has 0 spiro atoms. The van der Waals surface area contributed by atoms with Crippen molar-refractivity contribution in [3.05, 3.63) is 100 Å². The van der Waals surface area contributed by atoms with Crippen molar-refractivity contribution in [1.29, 1.82) is 0 Å². The van der Waals surface area contributed by atoms with E-state index in [2.05, 4.69) is 15.0 Å². The second-order valence-corrected chi connectivity index (χ2v) is 9.39. The predicted molar refractivity (Wildman–Crippen MR) is 138 cm³/mol. The Balaban J connectivity index is 1.29. The van der Waals surface area contributed by atoms with Gasteiger partial charge in [-0.15, -0.1) is 13.2 Å². The average Bonchev–Trinajstić information content (AvgIpc) is 3.52. The zero-order valence-corrected chi connectivity index (χ0v) is 21.1. The highest BCUT2D eigenvalue weighted by Gasteiger charge is 2.61. The first-order valence-corrected chi connectivity index (χ1v) is 12.1. The number of benzodiazepines with no additional fused rings is 1. The quantitative estimate of drug-likeness (QED) is 0.413. The molecule has 0 unspecified atom stereocenters. The smallest absolute Gasteiger partial charge is 0.406 e. The summed E-state index contributed by atoms with van der Waals surface area (Å²) in [6.07, 6.45) is -6.14. The Morgan fingerprint density at radius 1 is 0.975 bits per heavy atom. The molecule has 4 aromatic rings. The molecule has 204 valence electrons. The van der Waals surface area contributed by atoms with Crippen molar-refractivity contribution in [3.8, 4) is 11.4 Å². The number of hydrogen-bond acceptors (Lipinski definition) is 5. The Morgan fingerprint density at radius 2 is 1.62 bits per heavy atom. The SMILES string of the molecule is CN1C(=O)[C@@H](NC(=O)[C@@]2(C)n3c(=O)n(-c4ccc(OC(F)(F)F)cc4)n32)N=C(c2ccccc2)c2ccccc21. The van der Waals surface area contributed by atoms with Crippen LogP contribution in [0.3, 0.4) is 0 Å². The van der Waals surface area contributed by atoms with Crippen LogP contribution >= 0.6 is 0 Å².